The average molecular weight is 334 g/mol. The second kappa shape index (κ2) is 7.39. The Labute approximate surface area is 140 Å². The molecule has 130 valence electrons. The van der Waals surface area contributed by atoms with Gasteiger partial charge in [0.1, 0.15) is 5.69 Å². The maximum absolute atomic E-state index is 12.2. The first-order valence-electron chi connectivity index (χ1n) is 7.80. The standard InChI is InChI=1S/C16H22N4O4/c1-10-4-7-13(20(23)24)16(11(10)2)18-15(22)9-19(3)8-14(21)17-12-5-6-12/h4,7,12H,5-6,8-9H2,1-3H3,(H,17,21)(H,18,22). The van der Waals surface area contributed by atoms with Gasteiger partial charge in [0.25, 0.3) is 5.69 Å². The molecule has 0 atom stereocenters. The van der Waals surface area contributed by atoms with Gasteiger partial charge in [-0.1, -0.05) is 6.07 Å². The Bertz CT molecular complexity index is 670. The zero-order valence-corrected chi connectivity index (χ0v) is 14.1. The van der Waals surface area contributed by atoms with E-state index < -0.39 is 10.8 Å². The summed E-state index contributed by atoms with van der Waals surface area (Å²) in [6.45, 7) is 3.63. The number of rotatable bonds is 7. The molecule has 0 aliphatic heterocycles. The van der Waals surface area contributed by atoms with Gasteiger partial charge in [0.2, 0.25) is 11.8 Å². The van der Waals surface area contributed by atoms with Gasteiger partial charge in [0, 0.05) is 12.1 Å². The number of anilines is 1. The largest absolute Gasteiger partial charge is 0.352 e. The van der Waals surface area contributed by atoms with Crippen molar-refractivity contribution in [2.45, 2.75) is 32.7 Å². The fraction of sp³-hybridized carbons (Fsp3) is 0.500. The van der Waals surface area contributed by atoms with Crippen LogP contribution in [0.3, 0.4) is 0 Å². The highest BCUT2D eigenvalue weighted by atomic mass is 16.6. The maximum atomic E-state index is 12.2. The predicted octanol–water partition coefficient (Wildman–Crippen LogP) is 1.36. The van der Waals surface area contributed by atoms with Crippen molar-refractivity contribution in [1.29, 1.82) is 0 Å². The summed E-state index contributed by atoms with van der Waals surface area (Å²) in [7, 11) is 1.66. The third-order valence-electron chi connectivity index (χ3n) is 3.94. The second-order valence-corrected chi connectivity index (χ2v) is 6.22. The lowest BCUT2D eigenvalue weighted by Gasteiger charge is -2.17. The average Bonchev–Trinajstić information content (AvgIpc) is 3.27. The molecule has 1 saturated carbocycles. The summed E-state index contributed by atoms with van der Waals surface area (Å²) >= 11 is 0. The molecule has 24 heavy (non-hydrogen) atoms. The number of hydrogen-bond donors (Lipinski definition) is 2. The Hall–Kier alpha value is -2.48. The molecule has 0 bridgehead atoms. The molecule has 1 aliphatic carbocycles. The lowest BCUT2D eigenvalue weighted by molar-refractivity contribution is -0.384. The van der Waals surface area contributed by atoms with Gasteiger partial charge in [-0.25, -0.2) is 0 Å². The van der Waals surface area contributed by atoms with Crippen LogP contribution in [0.1, 0.15) is 24.0 Å². The van der Waals surface area contributed by atoms with Gasteiger partial charge < -0.3 is 10.6 Å². The smallest absolute Gasteiger partial charge is 0.293 e. The number of carbonyl (C=O) groups excluding carboxylic acids is 2. The maximum Gasteiger partial charge on any atom is 0.293 e. The molecule has 0 unspecified atom stereocenters. The molecule has 0 aromatic heterocycles. The SMILES string of the molecule is Cc1ccc([N+](=O)[O-])c(NC(=O)CN(C)CC(=O)NC2CC2)c1C. The number of nitro benzene ring substituents is 1. The number of hydrogen-bond acceptors (Lipinski definition) is 5. The van der Waals surface area contributed by atoms with Crippen molar-refractivity contribution < 1.29 is 14.5 Å². The summed E-state index contributed by atoms with van der Waals surface area (Å²) < 4.78 is 0. The Kier molecular flexibility index (Phi) is 5.50. The highest BCUT2D eigenvalue weighted by molar-refractivity contribution is 5.95. The van der Waals surface area contributed by atoms with Gasteiger partial charge in [-0.3, -0.25) is 24.6 Å². The molecular weight excluding hydrogens is 312 g/mol. The molecule has 2 amide bonds. The normalized spacial score (nSPS) is 13.7. The first-order chi connectivity index (χ1) is 11.3. The van der Waals surface area contributed by atoms with Crippen molar-refractivity contribution in [3.63, 3.8) is 0 Å². The van der Waals surface area contributed by atoms with Crippen LogP contribution < -0.4 is 10.6 Å². The van der Waals surface area contributed by atoms with Gasteiger partial charge in [-0.15, -0.1) is 0 Å². The minimum atomic E-state index is -0.519. The van der Waals surface area contributed by atoms with E-state index in [2.05, 4.69) is 10.6 Å². The fourth-order valence-corrected chi connectivity index (χ4v) is 2.34. The number of likely N-dealkylation sites (N-methyl/N-ethyl adjacent to an activating group) is 1. The molecule has 2 N–H and O–H groups in total. The van der Waals surface area contributed by atoms with Crippen LogP contribution in [0.2, 0.25) is 0 Å². The van der Waals surface area contributed by atoms with E-state index in [-0.39, 0.29) is 36.4 Å². The summed E-state index contributed by atoms with van der Waals surface area (Å²) in [6, 6.07) is 3.31. The Morgan fingerprint density at radius 3 is 2.46 bits per heavy atom. The molecule has 8 nitrogen and oxygen atoms in total. The van der Waals surface area contributed by atoms with Gasteiger partial charge in [-0.05, 0) is 44.9 Å². The number of nitrogens with one attached hydrogen (secondary N) is 2. The summed E-state index contributed by atoms with van der Waals surface area (Å²) in [6.07, 6.45) is 2.01. The molecule has 8 heteroatoms. The van der Waals surface area contributed by atoms with Crippen molar-refractivity contribution in [3.8, 4) is 0 Å². The van der Waals surface area contributed by atoms with Crippen molar-refractivity contribution >= 4 is 23.2 Å². The molecule has 0 radical (unpaired) electrons. The third-order valence-corrected chi connectivity index (χ3v) is 3.94. The molecule has 0 spiro atoms. The molecule has 1 aliphatic rings. The molecule has 0 saturated heterocycles. The summed E-state index contributed by atoms with van der Waals surface area (Å²) in [4.78, 5) is 36.1. The van der Waals surface area contributed by atoms with Crippen LogP contribution in [-0.4, -0.2) is 47.8 Å². The van der Waals surface area contributed by atoms with Crippen molar-refractivity contribution in [3.05, 3.63) is 33.4 Å². The van der Waals surface area contributed by atoms with Crippen LogP contribution in [0.15, 0.2) is 12.1 Å². The van der Waals surface area contributed by atoms with Gasteiger partial charge in [0.15, 0.2) is 0 Å². The van der Waals surface area contributed by atoms with Gasteiger partial charge in [-0.2, -0.15) is 0 Å². The van der Waals surface area contributed by atoms with Crippen molar-refractivity contribution in [1.82, 2.24) is 10.2 Å². The summed E-state index contributed by atoms with van der Waals surface area (Å²) in [5, 5.41) is 16.6. The minimum absolute atomic E-state index is 0.0252. The van der Waals surface area contributed by atoms with Crippen molar-refractivity contribution in [2.75, 3.05) is 25.5 Å². The number of nitrogens with zero attached hydrogens (tertiary/aromatic N) is 2. The first-order valence-corrected chi connectivity index (χ1v) is 7.80. The molecule has 2 rings (SSSR count). The number of benzene rings is 1. The Balaban J connectivity index is 1.97. The quantitative estimate of drug-likeness (QED) is 0.579. The van der Waals surface area contributed by atoms with E-state index >= 15 is 0 Å². The second-order valence-electron chi connectivity index (χ2n) is 6.22. The first kappa shape index (κ1) is 17.9. The summed E-state index contributed by atoms with van der Waals surface area (Å²) in [5.41, 5.74) is 1.58. The third kappa shape index (κ3) is 4.76. The van der Waals surface area contributed by atoms with Crippen LogP contribution in [0.4, 0.5) is 11.4 Å². The van der Waals surface area contributed by atoms with E-state index in [1.54, 1.807) is 24.9 Å². The Morgan fingerprint density at radius 1 is 1.25 bits per heavy atom. The summed E-state index contributed by atoms with van der Waals surface area (Å²) in [5.74, 6) is -0.515. The molecular formula is C16H22N4O4. The van der Waals surface area contributed by atoms with Crippen LogP contribution in [-0.2, 0) is 9.59 Å². The predicted molar refractivity (Wildman–Crippen MR) is 89.9 cm³/mol. The van der Waals surface area contributed by atoms with E-state index in [4.69, 9.17) is 0 Å². The van der Waals surface area contributed by atoms with E-state index in [1.165, 1.54) is 6.07 Å². The molecule has 1 aromatic carbocycles. The number of aryl methyl sites for hydroxylation is 1. The van der Waals surface area contributed by atoms with Crippen LogP contribution in [0.5, 0.6) is 0 Å². The van der Waals surface area contributed by atoms with E-state index in [1.807, 2.05) is 6.92 Å². The minimum Gasteiger partial charge on any atom is -0.352 e. The van der Waals surface area contributed by atoms with E-state index in [0.717, 1.165) is 18.4 Å². The highest BCUT2D eigenvalue weighted by Gasteiger charge is 2.24. The zero-order valence-electron chi connectivity index (χ0n) is 14.1. The lowest BCUT2D eigenvalue weighted by Crippen LogP contribution is -2.39. The topological polar surface area (TPSA) is 105 Å². The number of amides is 2. The zero-order chi connectivity index (χ0) is 17.9. The fourth-order valence-electron chi connectivity index (χ4n) is 2.34. The van der Waals surface area contributed by atoms with E-state index in [0.29, 0.717) is 5.56 Å². The van der Waals surface area contributed by atoms with E-state index in [9.17, 15) is 19.7 Å². The van der Waals surface area contributed by atoms with Crippen LogP contribution in [0.25, 0.3) is 0 Å². The lowest BCUT2D eigenvalue weighted by atomic mass is 10.1. The number of nitro groups is 1. The van der Waals surface area contributed by atoms with Gasteiger partial charge in [0.05, 0.1) is 18.0 Å². The molecule has 1 fully saturated rings. The van der Waals surface area contributed by atoms with Crippen LogP contribution >= 0.6 is 0 Å². The number of carbonyl (C=O) groups is 2. The van der Waals surface area contributed by atoms with Crippen molar-refractivity contribution in [2.24, 2.45) is 0 Å². The Morgan fingerprint density at radius 2 is 1.88 bits per heavy atom. The highest BCUT2D eigenvalue weighted by Crippen LogP contribution is 2.30. The van der Waals surface area contributed by atoms with Gasteiger partial charge >= 0.3 is 0 Å². The monoisotopic (exact) mass is 334 g/mol. The molecule has 0 heterocycles. The van der Waals surface area contributed by atoms with Crippen LogP contribution in [0, 0.1) is 24.0 Å². The molecule has 1 aromatic rings.